The van der Waals surface area contributed by atoms with Crippen LogP contribution in [0.5, 0.6) is 0 Å². The Morgan fingerprint density at radius 3 is 1.13 bits per heavy atom. The average molecular weight is 1220 g/mol. The Hall–Kier alpha value is -8.08. The SMILES string of the molecule is CC(C)(C)OC(=O)OC(=O)OC(C)(C)C.CCCCP(CCCC)CCCC.COC(=O)c1cc(C)cc(CN)c1.COC(=O)c1cc(C)cc(CN=[N+]=[N-])c1.COC(=O)c1cc(C)cc(CNC(=O)OC(C)(C)C)c1.O=C=O.O=C=O.O=C=O. The molecule has 25 heteroatoms. The number of esters is 3. The lowest BCUT2D eigenvalue weighted by molar-refractivity contribution is -0.193. The monoisotopic (exact) mass is 1220 g/mol. The third kappa shape index (κ3) is 53.7. The normalized spacial score (nSPS) is 9.74. The fourth-order valence-corrected chi connectivity index (χ4v) is 9.26. The van der Waals surface area contributed by atoms with E-state index in [0.29, 0.717) is 37.7 Å². The first-order valence-corrected chi connectivity index (χ1v) is 28.6. The van der Waals surface area contributed by atoms with E-state index in [-0.39, 0.29) is 36.9 Å². The largest absolute Gasteiger partial charge is 0.519 e. The molecule has 0 saturated heterocycles. The zero-order chi connectivity index (χ0) is 66.8. The molecule has 24 nitrogen and oxygen atoms in total. The number of methoxy groups -OCH3 is 3. The summed E-state index contributed by atoms with van der Waals surface area (Å²) in [7, 11) is 4.46. The fraction of sp³-hybridized carbons (Fsp3) is 0.550. The maximum Gasteiger partial charge on any atom is 0.519 e. The van der Waals surface area contributed by atoms with E-state index >= 15 is 0 Å². The highest BCUT2D eigenvalue weighted by Gasteiger charge is 2.24. The molecule has 0 radical (unpaired) electrons. The van der Waals surface area contributed by atoms with Crippen molar-refractivity contribution < 1.29 is 90.7 Å². The van der Waals surface area contributed by atoms with Crippen LogP contribution in [0.2, 0.25) is 0 Å². The van der Waals surface area contributed by atoms with Crippen molar-refractivity contribution in [1.29, 1.82) is 0 Å². The van der Waals surface area contributed by atoms with E-state index in [1.54, 1.807) is 117 Å². The number of alkyl carbamates (subject to hydrolysis) is 1. The fourth-order valence-electron chi connectivity index (χ4n) is 6.30. The van der Waals surface area contributed by atoms with Crippen LogP contribution in [0.4, 0.5) is 14.4 Å². The van der Waals surface area contributed by atoms with Crippen molar-refractivity contribution in [3.8, 4) is 0 Å². The molecule has 0 fully saturated rings. The molecule has 474 valence electrons. The smallest absolute Gasteiger partial charge is 0.465 e. The van der Waals surface area contributed by atoms with E-state index in [9.17, 15) is 28.8 Å². The van der Waals surface area contributed by atoms with Gasteiger partial charge in [0.2, 0.25) is 0 Å². The molecular formula is C60H90N5O19P. The zero-order valence-electron chi connectivity index (χ0n) is 52.8. The first-order chi connectivity index (χ1) is 39.6. The van der Waals surface area contributed by atoms with E-state index in [0.717, 1.165) is 33.4 Å². The summed E-state index contributed by atoms with van der Waals surface area (Å²) in [6.45, 7) is 29.0. The van der Waals surface area contributed by atoms with Gasteiger partial charge in [0.1, 0.15) is 16.8 Å². The molecule has 0 aliphatic heterocycles. The molecule has 0 aliphatic carbocycles. The maximum atomic E-state index is 11.6. The van der Waals surface area contributed by atoms with E-state index in [2.05, 4.69) is 55.1 Å². The van der Waals surface area contributed by atoms with Crippen LogP contribution in [0.3, 0.4) is 0 Å². The van der Waals surface area contributed by atoms with Crippen LogP contribution in [0.15, 0.2) is 59.7 Å². The Morgan fingerprint density at radius 2 is 0.835 bits per heavy atom. The standard InChI is InChI=1S/C15H21NO4.C12H27P.C10H11N3O2.C10H13NO2.C10H18O5.3CO2/c1-10-6-11(8-12(7-10)13(17)19-5)9-16-14(18)20-15(2,3)4;1-4-7-10-13(11-8-5-2)12-9-6-3;1-7-3-8(6-12-13-11)5-9(4-7)10(14)15-2;1-7-3-8(6-11)5-9(4-7)10(12)13-2;1-9(2,3)14-7(11)13-8(12)15-10(4,5)6;3*2-1-3/h6-8H,9H2,1-5H3,(H,16,18);4-12H2,1-3H3;3-5H,6H2,1-2H3;3-5H,6,11H2,1-2H3;1-6H3;;;. The molecule has 0 aromatic heterocycles. The van der Waals surface area contributed by atoms with Gasteiger partial charge in [-0.15, -0.1) is 7.92 Å². The van der Waals surface area contributed by atoms with Crippen LogP contribution >= 0.6 is 7.92 Å². The number of benzene rings is 3. The van der Waals surface area contributed by atoms with E-state index in [1.807, 2.05) is 39.0 Å². The van der Waals surface area contributed by atoms with Crippen LogP contribution in [0, 0.1) is 20.8 Å². The minimum Gasteiger partial charge on any atom is -0.465 e. The second-order valence-electron chi connectivity index (χ2n) is 20.7. The van der Waals surface area contributed by atoms with Crippen molar-refractivity contribution in [2.24, 2.45) is 10.8 Å². The molecule has 0 unspecified atom stereocenters. The zero-order valence-corrected chi connectivity index (χ0v) is 53.7. The van der Waals surface area contributed by atoms with Crippen LogP contribution in [-0.2, 0) is 81.6 Å². The van der Waals surface area contributed by atoms with Gasteiger partial charge >= 0.3 is 54.8 Å². The highest BCUT2D eigenvalue weighted by atomic mass is 31.1. The van der Waals surface area contributed by atoms with Gasteiger partial charge in [0.15, 0.2) is 0 Å². The molecule has 0 saturated carbocycles. The first kappa shape index (κ1) is 85.7. The lowest BCUT2D eigenvalue weighted by Gasteiger charge is -2.20. The molecule has 3 rings (SSSR count). The Bertz CT molecular complexity index is 2530. The lowest BCUT2D eigenvalue weighted by atomic mass is 10.1. The molecule has 0 atom stereocenters. The summed E-state index contributed by atoms with van der Waals surface area (Å²) in [6, 6.07) is 16.1. The van der Waals surface area contributed by atoms with Crippen molar-refractivity contribution in [3.05, 3.63) is 115 Å². The summed E-state index contributed by atoms with van der Waals surface area (Å²) in [6.07, 6.45) is 11.4. The minimum atomic E-state index is -1.06. The molecule has 0 heterocycles. The molecule has 0 aliphatic rings. The van der Waals surface area contributed by atoms with Gasteiger partial charge in [0, 0.05) is 18.0 Å². The molecule has 3 aromatic carbocycles. The summed E-state index contributed by atoms with van der Waals surface area (Å²) in [4.78, 5) is 119. The van der Waals surface area contributed by atoms with Crippen molar-refractivity contribution in [2.75, 3.05) is 39.8 Å². The number of ether oxygens (including phenoxy) is 7. The van der Waals surface area contributed by atoms with Crippen LogP contribution in [0.25, 0.3) is 10.4 Å². The van der Waals surface area contributed by atoms with Gasteiger partial charge in [0.05, 0.1) is 44.6 Å². The van der Waals surface area contributed by atoms with Crippen molar-refractivity contribution in [1.82, 2.24) is 5.32 Å². The Morgan fingerprint density at radius 1 is 0.529 bits per heavy atom. The third-order valence-electron chi connectivity index (χ3n) is 9.49. The highest BCUT2D eigenvalue weighted by Crippen LogP contribution is 2.38. The van der Waals surface area contributed by atoms with Gasteiger partial charge in [-0.2, -0.15) is 28.8 Å². The van der Waals surface area contributed by atoms with Gasteiger partial charge in [-0.25, -0.2) is 28.8 Å². The van der Waals surface area contributed by atoms with Gasteiger partial charge in [0.25, 0.3) is 0 Å². The van der Waals surface area contributed by atoms with Gasteiger partial charge in [-0.3, -0.25) is 0 Å². The second-order valence-corrected chi connectivity index (χ2v) is 23.4. The molecule has 1 amide bonds. The third-order valence-corrected chi connectivity index (χ3v) is 12.3. The quantitative estimate of drug-likeness (QED) is 0.0241. The number of nitrogens with one attached hydrogen (secondary N) is 1. The predicted octanol–water partition coefficient (Wildman–Crippen LogP) is 12.6. The van der Waals surface area contributed by atoms with Crippen LogP contribution in [0.1, 0.15) is 186 Å². The van der Waals surface area contributed by atoms with Crippen molar-refractivity contribution in [3.63, 3.8) is 0 Å². The summed E-state index contributed by atoms with van der Waals surface area (Å²) < 4.78 is 32.9. The van der Waals surface area contributed by atoms with E-state index in [1.165, 1.54) is 59.9 Å². The summed E-state index contributed by atoms with van der Waals surface area (Å²) in [5.41, 5.74) is 18.7. The number of carbonyl (C=O) groups is 6. The molecular weight excluding hydrogens is 1130 g/mol. The highest BCUT2D eigenvalue weighted by molar-refractivity contribution is 7.57. The number of nitrogens with two attached hydrogens (primary N) is 1. The van der Waals surface area contributed by atoms with Gasteiger partial charge < -0.3 is 44.2 Å². The summed E-state index contributed by atoms with van der Waals surface area (Å²) >= 11 is 0. The number of unbranched alkanes of at least 4 members (excludes halogenated alkanes) is 3. The maximum absolute atomic E-state index is 11.6. The van der Waals surface area contributed by atoms with Gasteiger partial charge in [-0.1, -0.05) is 68.9 Å². The summed E-state index contributed by atoms with van der Waals surface area (Å²) in [5, 5.41) is 6.09. The Balaban J connectivity index is -0.000000305. The summed E-state index contributed by atoms with van der Waals surface area (Å²) in [5.74, 6) is -1.11. The molecule has 0 bridgehead atoms. The van der Waals surface area contributed by atoms with Crippen LogP contribution in [-0.4, -0.2) is 111 Å². The number of hydrogen-bond acceptors (Lipinski definition) is 21. The predicted molar refractivity (Wildman–Crippen MR) is 316 cm³/mol. The first-order valence-electron chi connectivity index (χ1n) is 26.7. The average Bonchev–Trinajstić information content (AvgIpc) is 3.54. The Kier molecular flexibility index (Phi) is 50.9. The van der Waals surface area contributed by atoms with Gasteiger partial charge in [-0.05, 0) is 191 Å². The number of hydrogen-bond donors (Lipinski definition) is 2. The van der Waals surface area contributed by atoms with Crippen molar-refractivity contribution in [2.45, 2.75) is 179 Å². The van der Waals surface area contributed by atoms with Crippen LogP contribution < -0.4 is 11.1 Å². The number of rotatable bonds is 17. The molecule has 3 aromatic rings. The second kappa shape index (κ2) is 50.4. The van der Waals surface area contributed by atoms with Crippen molar-refractivity contribution >= 4 is 62.7 Å². The number of nitrogens with zero attached hydrogens (tertiary/aromatic N) is 3. The van der Waals surface area contributed by atoms with E-state index < -0.39 is 41.2 Å². The number of carbonyl (C=O) groups excluding carboxylic acids is 12. The molecule has 85 heavy (non-hydrogen) atoms. The number of aryl methyl sites for hydroxylation is 3. The molecule has 0 spiro atoms. The number of amides is 1. The number of azide groups is 1. The molecule has 3 N–H and O–H groups in total. The topological polar surface area (TPSA) is 356 Å². The Labute approximate surface area is 501 Å². The lowest BCUT2D eigenvalue weighted by Crippen LogP contribution is -2.32. The van der Waals surface area contributed by atoms with E-state index in [4.69, 9.17) is 54.2 Å². The minimum absolute atomic E-state index is 0.238.